The summed E-state index contributed by atoms with van der Waals surface area (Å²) in [6.45, 7) is 4.29. The molecule has 4 rings (SSSR count). The lowest BCUT2D eigenvalue weighted by molar-refractivity contribution is 0.307. The normalized spacial score (nSPS) is 18.8. The summed E-state index contributed by atoms with van der Waals surface area (Å²) in [5, 5.41) is 0. The summed E-state index contributed by atoms with van der Waals surface area (Å²) in [5.74, 6) is 0.984. The number of halogens is 1. The van der Waals surface area contributed by atoms with Crippen LogP contribution in [0.15, 0.2) is 53.0 Å². The topological polar surface area (TPSA) is 12.5 Å². The molecule has 2 aliphatic heterocycles. The Bertz CT molecular complexity index is 762. The molecule has 0 atom stereocenters. The fourth-order valence-electron chi connectivity index (χ4n) is 3.66. The second-order valence-corrected chi connectivity index (χ2v) is 7.46. The van der Waals surface area contributed by atoms with E-state index in [2.05, 4.69) is 63.3 Å². The van der Waals surface area contributed by atoms with Crippen molar-refractivity contribution < 1.29 is 4.74 Å². The molecular weight excluding hydrogens is 362 g/mol. The summed E-state index contributed by atoms with van der Waals surface area (Å²) in [6, 6.07) is 14.9. The number of rotatable bonds is 3. The summed E-state index contributed by atoms with van der Waals surface area (Å²) in [5.41, 5.74) is 5.05. The lowest BCUT2D eigenvalue weighted by atomic mass is 9.93. The number of likely N-dealkylation sites (tertiary alicyclic amines) is 1. The van der Waals surface area contributed by atoms with E-state index in [0.29, 0.717) is 6.61 Å². The van der Waals surface area contributed by atoms with Gasteiger partial charge in [-0.25, -0.2) is 0 Å². The molecule has 0 radical (unpaired) electrons. The van der Waals surface area contributed by atoms with E-state index >= 15 is 0 Å². The summed E-state index contributed by atoms with van der Waals surface area (Å²) >= 11 is 3.63. The van der Waals surface area contributed by atoms with Gasteiger partial charge in [0.25, 0.3) is 0 Å². The van der Waals surface area contributed by atoms with Gasteiger partial charge < -0.3 is 9.64 Å². The van der Waals surface area contributed by atoms with E-state index in [1.54, 1.807) is 0 Å². The van der Waals surface area contributed by atoms with Crippen LogP contribution >= 0.6 is 15.9 Å². The fraction of sp³-hybridized carbons (Fsp3) is 0.333. The first-order valence-corrected chi connectivity index (χ1v) is 9.54. The van der Waals surface area contributed by atoms with E-state index in [1.807, 2.05) is 6.07 Å². The second kappa shape index (κ2) is 7.12. The van der Waals surface area contributed by atoms with Crippen LogP contribution in [0.4, 0.5) is 0 Å². The lowest BCUT2D eigenvalue weighted by Gasteiger charge is -2.14. The predicted octanol–water partition coefficient (Wildman–Crippen LogP) is 5.26. The molecule has 124 valence electrons. The van der Waals surface area contributed by atoms with Crippen molar-refractivity contribution in [3.63, 3.8) is 0 Å². The number of para-hydroxylation sites is 1. The maximum Gasteiger partial charge on any atom is 0.127 e. The molecule has 2 aliphatic rings. The summed E-state index contributed by atoms with van der Waals surface area (Å²) in [4.78, 5) is 2.57. The Morgan fingerprint density at radius 1 is 1.04 bits per heavy atom. The molecule has 2 aromatic rings. The van der Waals surface area contributed by atoms with E-state index in [9.17, 15) is 0 Å². The van der Waals surface area contributed by atoms with E-state index in [1.165, 1.54) is 48.2 Å². The van der Waals surface area contributed by atoms with Gasteiger partial charge >= 0.3 is 0 Å². The third-order valence-electron chi connectivity index (χ3n) is 4.91. The van der Waals surface area contributed by atoms with Gasteiger partial charge in [-0.2, -0.15) is 0 Å². The van der Waals surface area contributed by atoms with E-state index in [0.717, 1.165) is 23.2 Å². The highest BCUT2D eigenvalue weighted by Gasteiger charge is 2.19. The quantitative estimate of drug-likeness (QED) is 0.716. The molecule has 0 amide bonds. The van der Waals surface area contributed by atoms with Crippen LogP contribution in [0.3, 0.4) is 0 Å². The first kappa shape index (κ1) is 15.9. The second-order valence-electron chi connectivity index (χ2n) is 6.54. The highest BCUT2D eigenvalue weighted by molar-refractivity contribution is 9.10. The predicted molar refractivity (Wildman–Crippen MR) is 102 cm³/mol. The highest BCUT2D eigenvalue weighted by Crippen LogP contribution is 2.37. The standard InChI is InChI=1S/C21H22BrNO/c22-17-10-9-16-15-24-21-8-2-1-6-19(21)18(20(16)14-17)7-5-13-23-11-3-4-12-23/h1-2,6-10,14H,3-5,11-13,15H2. The van der Waals surface area contributed by atoms with Crippen molar-refractivity contribution in [3.05, 3.63) is 69.7 Å². The smallest absolute Gasteiger partial charge is 0.127 e. The fourth-order valence-corrected chi connectivity index (χ4v) is 4.02. The largest absolute Gasteiger partial charge is 0.488 e. The molecule has 1 fully saturated rings. The molecular formula is C21H22BrNO. The third-order valence-corrected chi connectivity index (χ3v) is 5.41. The van der Waals surface area contributed by atoms with Gasteiger partial charge in [-0.3, -0.25) is 0 Å². The molecule has 24 heavy (non-hydrogen) atoms. The van der Waals surface area contributed by atoms with Gasteiger partial charge in [0, 0.05) is 16.6 Å². The van der Waals surface area contributed by atoms with Crippen molar-refractivity contribution in [1.82, 2.24) is 4.90 Å². The zero-order chi connectivity index (χ0) is 16.4. The van der Waals surface area contributed by atoms with Gasteiger partial charge in [0.05, 0.1) is 0 Å². The Kier molecular flexibility index (Phi) is 4.72. The van der Waals surface area contributed by atoms with Gasteiger partial charge in [-0.15, -0.1) is 0 Å². The van der Waals surface area contributed by atoms with Crippen LogP contribution in [-0.4, -0.2) is 24.5 Å². The third kappa shape index (κ3) is 3.28. The average Bonchev–Trinajstić information content (AvgIpc) is 3.06. The van der Waals surface area contributed by atoms with Gasteiger partial charge in [-0.1, -0.05) is 46.3 Å². The molecule has 0 aliphatic carbocycles. The van der Waals surface area contributed by atoms with Crippen LogP contribution in [0.5, 0.6) is 5.75 Å². The number of hydrogen-bond donors (Lipinski definition) is 0. The molecule has 0 unspecified atom stereocenters. The molecule has 0 aromatic heterocycles. The lowest BCUT2D eigenvalue weighted by Crippen LogP contribution is -2.19. The molecule has 0 N–H and O–H groups in total. The first-order valence-electron chi connectivity index (χ1n) is 8.75. The van der Waals surface area contributed by atoms with Crippen LogP contribution in [0, 0.1) is 0 Å². The number of fused-ring (bicyclic) bond motifs is 2. The Hall–Kier alpha value is -1.58. The van der Waals surface area contributed by atoms with Crippen molar-refractivity contribution >= 4 is 21.5 Å². The zero-order valence-electron chi connectivity index (χ0n) is 13.8. The van der Waals surface area contributed by atoms with Gasteiger partial charge in [-0.05, 0) is 67.3 Å². The summed E-state index contributed by atoms with van der Waals surface area (Å²) in [6.07, 6.45) is 6.18. The first-order chi connectivity index (χ1) is 11.8. The van der Waals surface area contributed by atoms with Crippen molar-refractivity contribution in [1.29, 1.82) is 0 Å². The van der Waals surface area contributed by atoms with E-state index in [-0.39, 0.29) is 0 Å². The van der Waals surface area contributed by atoms with Gasteiger partial charge in [0.2, 0.25) is 0 Å². The van der Waals surface area contributed by atoms with Crippen molar-refractivity contribution in [2.24, 2.45) is 0 Å². The minimum Gasteiger partial charge on any atom is -0.488 e. The van der Waals surface area contributed by atoms with Crippen LogP contribution in [0.25, 0.3) is 5.57 Å². The molecule has 0 spiro atoms. The summed E-state index contributed by atoms with van der Waals surface area (Å²) in [7, 11) is 0. The Labute approximate surface area is 152 Å². The zero-order valence-corrected chi connectivity index (χ0v) is 15.4. The minimum absolute atomic E-state index is 0.628. The number of nitrogens with zero attached hydrogens (tertiary/aromatic N) is 1. The highest BCUT2D eigenvalue weighted by atomic mass is 79.9. The Balaban J connectivity index is 1.71. The maximum absolute atomic E-state index is 6.06. The molecule has 1 saturated heterocycles. The van der Waals surface area contributed by atoms with E-state index in [4.69, 9.17) is 4.74 Å². The molecule has 2 nitrogen and oxygen atoms in total. The van der Waals surface area contributed by atoms with Crippen LogP contribution < -0.4 is 4.74 Å². The number of ether oxygens (including phenoxy) is 1. The molecule has 0 saturated carbocycles. The molecule has 0 bridgehead atoms. The Morgan fingerprint density at radius 3 is 2.75 bits per heavy atom. The monoisotopic (exact) mass is 383 g/mol. The van der Waals surface area contributed by atoms with Crippen LogP contribution in [0.2, 0.25) is 0 Å². The van der Waals surface area contributed by atoms with Crippen molar-refractivity contribution in [3.8, 4) is 5.75 Å². The minimum atomic E-state index is 0.628. The number of benzene rings is 2. The van der Waals surface area contributed by atoms with Crippen molar-refractivity contribution in [2.45, 2.75) is 25.9 Å². The van der Waals surface area contributed by atoms with Gasteiger partial charge in [0.15, 0.2) is 0 Å². The van der Waals surface area contributed by atoms with Crippen LogP contribution in [0.1, 0.15) is 36.0 Å². The molecule has 2 heterocycles. The van der Waals surface area contributed by atoms with E-state index < -0.39 is 0 Å². The van der Waals surface area contributed by atoms with Gasteiger partial charge in [0.1, 0.15) is 12.4 Å². The maximum atomic E-state index is 6.06. The Morgan fingerprint density at radius 2 is 1.88 bits per heavy atom. The molecule has 3 heteroatoms. The number of hydrogen-bond acceptors (Lipinski definition) is 2. The SMILES string of the molecule is Brc1ccc2c(c1)C(=CCCN1CCCC1)c1ccccc1OC2. The summed E-state index contributed by atoms with van der Waals surface area (Å²) < 4.78 is 7.17. The average molecular weight is 384 g/mol. The van der Waals surface area contributed by atoms with Crippen molar-refractivity contribution in [2.75, 3.05) is 19.6 Å². The molecule has 2 aromatic carbocycles. The van der Waals surface area contributed by atoms with Crippen LogP contribution in [-0.2, 0) is 6.61 Å².